The third-order valence-electron chi connectivity index (χ3n) is 4.85. The van der Waals surface area contributed by atoms with E-state index >= 15 is 0 Å². The molecule has 2 aromatic carbocycles. The Hall–Kier alpha value is -3.48. The van der Waals surface area contributed by atoms with E-state index < -0.39 is 0 Å². The zero-order chi connectivity index (χ0) is 19.5. The molecule has 0 bridgehead atoms. The van der Waals surface area contributed by atoms with E-state index in [4.69, 9.17) is 0 Å². The maximum absolute atomic E-state index is 12.3. The number of carbonyl (C=O) groups is 2. The topological polar surface area (TPSA) is 84.3 Å². The predicted octanol–water partition coefficient (Wildman–Crippen LogP) is 2.55. The highest BCUT2D eigenvalue weighted by molar-refractivity contribution is 5.96. The minimum Gasteiger partial charge on any atom is -0.326 e. The molecule has 0 radical (unpaired) electrons. The van der Waals surface area contributed by atoms with Gasteiger partial charge in [0, 0.05) is 36.1 Å². The zero-order valence-electron chi connectivity index (χ0n) is 15.3. The molecule has 1 N–H and O–H groups in total. The molecule has 7 heteroatoms. The van der Waals surface area contributed by atoms with E-state index in [1.165, 1.54) is 6.20 Å². The molecule has 1 saturated heterocycles. The van der Waals surface area contributed by atoms with Gasteiger partial charge in [-0.15, -0.1) is 0 Å². The Balaban J connectivity index is 1.39. The van der Waals surface area contributed by atoms with Gasteiger partial charge in [0.1, 0.15) is 0 Å². The van der Waals surface area contributed by atoms with Gasteiger partial charge in [-0.2, -0.15) is 5.10 Å². The quantitative estimate of drug-likeness (QED) is 0.742. The van der Waals surface area contributed by atoms with Gasteiger partial charge in [-0.1, -0.05) is 12.1 Å². The minimum absolute atomic E-state index is 0.132. The van der Waals surface area contributed by atoms with Crippen molar-refractivity contribution in [2.75, 3.05) is 16.8 Å². The Morgan fingerprint density at radius 1 is 1.07 bits per heavy atom. The second kappa shape index (κ2) is 7.64. The summed E-state index contributed by atoms with van der Waals surface area (Å²) in [6.07, 6.45) is 2.97. The first kappa shape index (κ1) is 17.9. The first-order valence-corrected chi connectivity index (χ1v) is 9.27. The van der Waals surface area contributed by atoms with E-state index in [1.807, 2.05) is 24.3 Å². The number of amides is 2. The van der Waals surface area contributed by atoms with Gasteiger partial charge in [0.05, 0.1) is 18.3 Å². The molecule has 0 aliphatic carbocycles. The predicted molar refractivity (Wildman–Crippen MR) is 107 cm³/mol. The molecule has 1 aliphatic rings. The third-order valence-corrected chi connectivity index (χ3v) is 4.85. The number of para-hydroxylation sites is 1. The molecule has 28 heavy (non-hydrogen) atoms. The second-order valence-corrected chi connectivity index (χ2v) is 6.74. The largest absolute Gasteiger partial charge is 0.326 e. The Morgan fingerprint density at radius 2 is 1.86 bits per heavy atom. The van der Waals surface area contributed by atoms with E-state index in [0.717, 1.165) is 18.7 Å². The highest BCUT2D eigenvalue weighted by atomic mass is 16.2. The molecular weight excluding hydrogens is 356 g/mol. The maximum atomic E-state index is 12.3. The number of hydrogen-bond acceptors (Lipinski definition) is 4. The molecule has 2 amide bonds. The fourth-order valence-corrected chi connectivity index (χ4v) is 3.42. The van der Waals surface area contributed by atoms with Gasteiger partial charge in [-0.3, -0.25) is 19.1 Å². The molecule has 1 aliphatic heterocycles. The number of fused-ring (bicyclic) bond motifs is 1. The van der Waals surface area contributed by atoms with Crippen LogP contribution in [0.5, 0.6) is 0 Å². The summed E-state index contributed by atoms with van der Waals surface area (Å²) in [5.74, 6) is -0.00721. The summed E-state index contributed by atoms with van der Waals surface area (Å²) in [4.78, 5) is 37.7. The van der Waals surface area contributed by atoms with Gasteiger partial charge in [0.2, 0.25) is 17.2 Å². The monoisotopic (exact) mass is 376 g/mol. The van der Waals surface area contributed by atoms with Crippen LogP contribution in [0, 0.1) is 0 Å². The third kappa shape index (κ3) is 3.64. The van der Waals surface area contributed by atoms with Gasteiger partial charge in [0.15, 0.2) is 0 Å². The molecular formula is C21H20N4O3. The smallest absolute Gasteiger partial charge is 0.227 e. The molecule has 7 nitrogen and oxygen atoms in total. The number of aryl methyl sites for hydroxylation is 1. The minimum atomic E-state index is -0.144. The van der Waals surface area contributed by atoms with E-state index in [1.54, 1.807) is 33.8 Å². The Labute approximate surface area is 161 Å². The van der Waals surface area contributed by atoms with Crippen LogP contribution in [0.1, 0.15) is 19.3 Å². The van der Waals surface area contributed by atoms with Crippen LogP contribution >= 0.6 is 0 Å². The van der Waals surface area contributed by atoms with E-state index in [0.29, 0.717) is 29.6 Å². The van der Waals surface area contributed by atoms with Crippen molar-refractivity contribution >= 4 is 34.1 Å². The van der Waals surface area contributed by atoms with Crippen LogP contribution < -0.4 is 15.6 Å². The van der Waals surface area contributed by atoms with Gasteiger partial charge in [0.25, 0.3) is 0 Å². The summed E-state index contributed by atoms with van der Waals surface area (Å²) >= 11 is 0. The molecule has 1 aromatic heterocycles. The lowest BCUT2D eigenvalue weighted by Crippen LogP contribution is -2.23. The average Bonchev–Trinajstić information content (AvgIpc) is 3.14. The van der Waals surface area contributed by atoms with Crippen molar-refractivity contribution < 1.29 is 9.59 Å². The fraction of sp³-hybridized carbons (Fsp3) is 0.238. The van der Waals surface area contributed by atoms with E-state index in [9.17, 15) is 14.4 Å². The summed E-state index contributed by atoms with van der Waals surface area (Å²) in [7, 11) is 0. The maximum Gasteiger partial charge on any atom is 0.227 e. The number of rotatable bonds is 5. The van der Waals surface area contributed by atoms with Gasteiger partial charge in [-0.25, -0.2) is 0 Å². The van der Waals surface area contributed by atoms with Gasteiger partial charge in [-0.05, 0) is 42.8 Å². The molecule has 1 fully saturated rings. The number of carbonyl (C=O) groups excluding carboxylic acids is 2. The van der Waals surface area contributed by atoms with E-state index in [2.05, 4.69) is 10.4 Å². The molecule has 142 valence electrons. The number of hydrogen-bond donors (Lipinski definition) is 1. The van der Waals surface area contributed by atoms with Crippen molar-refractivity contribution in [1.29, 1.82) is 0 Å². The Morgan fingerprint density at radius 3 is 2.61 bits per heavy atom. The lowest BCUT2D eigenvalue weighted by atomic mass is 10.2. The molecule has 0 spiro atoms. The normalized spacial score (nSPS) is 13.9. The number of aromatic nitrogens is 2. The summed E-state index contributed by atoms with van der Waals surface area (Å²) in [5, 5.41) is 7.58. The van der Waals surface area contributed by atoms with Crippen LogP contribution in [0.4, 0.5) is 11.4 Å². The van der Waals surface area contributed by atoms with Crippen LogP contribution in [0.2, 0.25) is 0 Å². The van der Waals surface area contributed by atoms with Crippen LogP contribution in [-0.4, -0.2) is 28.1 Å². The standard InChI is InChI=1S/C21H20N4O3/c26-19-14-22-25(18-5-2-1-4-17(18)19)13-11-20(27)23-15-7-9-16(10-8-15)24-12-3-6-21(24)28/h1-2,4-5,7-10,14H,3,6,11-13H2,(H,23,27). The number of nitrogens with one attached hydrogen (secondary N) is 1. The fourth-order valence-electron chi connectivity index (χ4n) is 3.42. The summed E-state index contributed by atoms with van der Waals surface area (Å²) in [6, 6.07) is 14.5. The molecule has 0 unspecified atom stereocenters. The Bertz CT molecular complexity index is 1090. The van der Waals surface area contributed by atoms with Crippen LogP contribution in [-0.2, 0) is 16.1 Å². The van der Waals surface area contributed by atoms with Crippen molar-refractivity contribution in [2.45, 2.75) is 25.8 Å². The van der Waals surface area contributed by atoms with Crippen molar-refractivity contribution in [3.63, 3.8) is 0 Å². The lowest BCUT2D eigenvalue weighted by Gasteiger charge is -2.16. The van der Waals surface area contributed by atoms with Crippen molar-refractivity contribution in [2.24, 2.45) is 0 Å². The van der Waals surface area contributed by atoms with Gasteiger partial charge >= 0.3 is 0 Å². The number of benzene rings is 2. The molecule has 2 heterocycles. The number of nitrogens with zero attached hydrogens (tertiary/aromatic N) is 3. The summed E-state index contributed by atoms with van der Waals surface area (Å²) in [5.41, 5.74) is 2.11. The average molecular weight is 376 g/mol. The van der Waals surface area contributed by atoms with E-state index in [-0.39, 0.29) is 23.7 Å². The lowest BCUT2D eigenvalue weighted by molar-refractivity contribution is -0.117. The first-order chi connectivity index (χ1) is 13.6. The second-order valence-electron chi connectivity index (χ2n) is 6.74. The molecule has 0 atom stereocenters. The SMILES string of the molecule is O=C(CCn1ncc(=O)c2ccccc21)Nc1ccc(N2CCCC2=O)cc1. The van der Waals surface area contributed by atoms with Crippen molar-refractivity contribution in [3.8, 4) is 0 Å². The first-order valence-electron chi connectivity index (χ1n) is 9.27. The van der Waals surface area contributed by atoms with Crippen LogP contribution in [0.15, 0.2) is 59.5 Å². The van der Waals surface area contributed by atoms with Gasteiger partial charge < -0.3 is 10.2 Å². The highest BCUT2D eigenvalue weighted by Gasteiger charge is 2.21. The highest BCUT2D eigenvalue weighted by Crippen LogP contribution is 2.23. The molecule has 3 aromatic rings. The zero-order valence-corrected chi connectivity index (χ0v) is 15.3. The van der Waals surface area contributed by atoms with Crippen LogP contribution in [0.25, 0.3) is 10.9 Å². The van der Waals surface area contributed by atoms with Crippen molar-refractivity contribution in [1.82, 2.24) is 9.78 Å². The van der Waals surface area contributed by atoms with Crippen LogP contribution in [0.3, 0.4) is 0 Å². The molecule has 0 saturated carbocycles. The van der Waals surface area contributed by atoms with Crippen molar-refractivity contribution in [3.05, 3.63) is 65.0 Å². The summed E-state index contributed by atoms with van der Waals surface area (Å²) in [6.45, 7) is 1.11. The Kier molecular flexibility index (Phi) is 4.89. The molecule has 4 rings (SSSR count). The number of anilines is 2. The summed E-state index contributed by atoms with van der Waals surface area (Å²) < 4.78 is 1.67.